The smallest absolute Gasteiger partial charge is 0.309 e. The molecule has 6 nitrogen and oxygen atoms in total. The highest BCUT2D eigenvalue weighted by Crippen LogP contribution is 2.48. The van der Waals surface area contributed by atoms with Crippen molar-refractivity contribution in [3.05, 3.63) is 131 Å². The van der Waals surface area contributed by atoms with E-state index in [0.717, 1.165) is 34.4 Å². The van der Waals surface area contributed by atoms with Gasteiger partial charge in [-0.15, -0.1) is 0 Å². The zero-order valence-corrected chi connectivity index (χ0v) is 21.5. The number of rotatable bonds is 11. The summed E-state index contributed by atoms with van der Waals surface area (Å²) in [4.78, 5) is 12.4. The van der Waals surface area contributed by atoms with Crippen molar-refractivity contribution >= 4 is 11.7 Å². The van der Waals surface area contributed by atoms with Crippen LogP contribution in [0.15, 0.2) is 103 Å². The molecule has 39 heavy (non-hydrogen) atoms. The predicted molar refractivity (Wildman–Crippen MR) is 147 cm³/mol. The molecule has 1 aliphatic rings. The summed E-state index contributed by atoms with van der Waals surface area (Å²) < 4.78 is 17.2. The Morgan fingerprint density at radius 2 is 1.44 bits per heavy atom. The molecule has 5 rings (SSSR count). The summed E-state index contributed by atoms with van der Waals surface area (Å²) in [5.41, 5.74) is 5.16. The third kappa shape index (κ3) is 6.91. The van der Waals surface area contributed by atoms with E-state index in [1.54, 1.807) is 12.1 Å². The molecule has 0 aliphatic heterocycles. The maximum atomic E-state index is 12.4. The predicted octanol–water partition coefficient (Wildman–Crippen LogP) is 4.61. The van der Waals surface area contributed by atoms with Gasteiger partial charge in [0.05, 0.1) is 17.6 Å². The molecular formula is C33H29N2O4+. The number of benzene rings is 4. The van der Waals surface area contributed by atoms with Gasteiger partial charge < -0.3 is 14.2 Å². The number of hydrogen-bond acceptors (Lipinski definition) is 5. The molecule has 1 aliphatic carbocycles. The number of carbonyl (C=O) groups excluding carboxylic acids is 1. The van der Waals surface area contributed by atoms with Gasteiger partial charge in [0.2, 0.25) is 5.71 Å². The second-order valence-electron chi connectivity index (χ2n) is 9.55. The Kier molecular flexibility index (Phi) is 7.99. The van der Waals surface area contributed by atoms with Crippen LogP contribution in [0.1, 0.15) is 40.2 Å². The Balaban J connectivity index is 1.04. The van der Waals surface area contributed by atoms with Gasteiger partial charge in [0, 0.05) is 5.56 Å². The van der Waals surface area contributed by atoms with E-state index < -0.39 is 0 Å². The maximum Gasteiger partial charge on any atom is 0.309 e. The third-order valence-corrected chi connectivity index (χ3v) is 6.73. The summed E-state index contributed by atoms with van der Waals surface area (Å²) in [7, 11) is 0. The largest absolute Gasteiger partial charge is 0.489 e. The standard InChI is InChI=1S/C33H28N2O4/c34-19-23-6-10-27(11-7-23)32(35)22-38-28-14-8-25(9-15-28)20-37-29-16-12-26(13-17-29)30-18-31(30)33(36)39-21-24-4-2-1-3-5-24/h1-17,30-31,35H,18,20-22H2/p+1/t30-,31-/m1/s1. The van der Waals surface area contributed by atoms with Crippen LogP contribution in [-0.4, -0.2) is 18.3 Å². The van der Waals surface area contributed by atoms with Crippen LogP contribution < -0.4 is 14.9 Å². The van der Waals surface area contributed by atoms with Crippen LogP contribution in [-0.2, 0) is 22.7 Å². The van der Waals surface area contributed by atoms with E-state index in [0.29, 0.717) is 30.2 Å². The van der Waals surface area contributed by atoms with Crippen molar-refractivity contribution in [2.75, 3.05) is 6.61 Å². The summed E-state index contributed by atoms with van der Waals surface area (Å²) in [6, 6.07) is 34.5. The second kappa shape index (κ2) is 12.1. The maximum absolute atomic E-state index is 12.4. The molecule has 0 saturated heterocycles. The zero-order valence-electron chi connectivity index (χ0n) is 21.5. The van der Waals surface area contributed by atoms with Crippen LogP contribution in [0.25, 0.3) is 0 Å². The summed E-state index contributed by atoms with van der Waals surface area (Å²) >= 11 is 0. The summed E-state index contributed by atoms with van der Waals surface area (Å²) in [5.74, 6) is 1.48. The Morgan fingerprint density at radius 1 is 0.795 bits per heavy atom. The van der Waals surface area contributed by atoms with Crippen LogP contribution >= 0.6 is 0 Å². The van der Waals surface area contributed by atoms with E-state index in [9.17, 15) is 4.79 Å². The molecule has 6 heteroatoms. The lowest BCUT2D eigenvalue weighted by atomic mass is 10.1. The molecule has 0 unspecified atom stereocenters. The van der Waals surface area contributed by atoms with Gasteiger partial charge in [-0.1, -0.05) is 54.6 Å². The molecule has 4 aromatic rings. The first-order valence-corrected chi connectivity index (χ1v) is 12.9. The number of hydrogen-bond donors (Lipinski definition) is 1. The van der Waals surface area contributed by atoms with Crippen molar-refractivity contribution in [2.24, 2.45) is 5.92 Å². The first-order chi connectivity index (χ1) is 19.1. The number of carbonyl (C=O) groups is 1. The van der Waals surface area contributed by atoms with Crippen molar-refractivity contribution in [1.29, 1.82) is 5.26 Å². The highest BCUT2D eigenvalue weighted by atomic mass is 16.5. The van der Waals surface area contributed by atoms with Crippen molar-refractivity contribution in [2.45, 2.75) is 25.6 Å². The molecule has 1 fully saturated rings. The highest BCUT2D eigenvalue weighted by Gasteiger charge is 2.45. The number of nitriles is 1. The molecule has 0 aromatic heterocycles. The van der Waals surface area contributed by atoms with Gasteiger partial charge in [0.25, 0.3) is 0 Å². The Labute approximate surface area is 227 Å². The SMILES string of the molecule is N#Cc1ccc(C(=[NH2+])COc2ccc(COc3ccc([C@H]4C[C@H]4C(=O)OCc4ccccc4)cc3)cc2)cc1. The van der Waals surface area contributed by atoms with Gasteiger partial charge in [0.1, 0.15) is 24.7 Å². The van der Waals surface area contributed by atoms with Gasteiger partial charge in [-0.05, 0) is 77.6 Å². The lowest BCUT2D eigenvalue weighted by Gasteiger charge is -2.09. The summed E-state index contributed by atoms with van der Waals surface area (Å²) in [6.45, 7) is 0.992. The number of nitrogens with zero attached hydrogens (tertiary/aromatic N) is 1. The van der Waals surface area contributed by atoms with E-state index in [1.807, 2.05) is 91.0 Å². The molecule has 0 radical (unpaired) electrons. The summed E-state index contributed by atoms with van der Waals surface area (Å²) in [6.07, 6.45) is 0.819. The fraction of sp³-hybridized carbons (Fsp3) is 0.182. The first-order valence-electron chi connectivity index (χ1n) is 12.9. The van der Waals surface area contributed by atoms with Crippen LogP contribution in [0.2, 0.25) is 0 Å². The van der Waals surface area contributed by atoms with E-state index >= 15 is 0 Å². The minimum Gasteiger partial charge on any atom is -0.489 e. The van der Waals surface area contributed by atoms with Crippen molar-refractivity contribution in [3.63, 3.8) is 0 Å². The van der Waals surface area contributed by atoms with Crippen LogP contribution in [0.3, 0.4) is 0 Å². The minimum atomic E-state index is -0.133. The minimum absolute atomic E-state index is 0.0710. The fourth-order valence-electron chi connectivity index (χ4n) is 4.32. The Morgan fingerprint density at radius 3 is 2.13 bits per heavy atom. The Bertz CT molecular complexity index is 1460. The normalized spacial score (nSPS) is 15.6. The average Bonchev–Trinajstić information content (AvgIpc) is 3.80. The van der Waals surface area contributed by atoms with Crippen molar-refractivity contribution in [1.82, 2.24) is 0 Å². The van der Waals surface area contributed by atoms with E-state index in [-0.39, 0.29) is 24.4 Å². The van der Waals surface area contributed by atoms with Crippen LogP contribution in [0.5, 0.6) is 11.5 Å². The quantitative estimate of drug-likeness (QED) is 0.232. The van der Waals surface area contributed by atoms with E-state index in [2.05, 4.69) is 6.07 Å². The highest BCUT2D eigenvalue weighted by molar-refractivity contribution is 5.97. The van der Waals surface area contributed by atoms with E-state index in [1.165, 1.54) is 0 Å². The molecule has 194 valence electrons. The molecule has 2 atom stereocenters. The summed E-state index contributed by atoms with van der Waals surface area (Å²) in [5, 5.41) is 15.0. The van der Waals surface area contributed by atoms with Gasteiger partial charge >= 0.3 is 5.97 Å². The molecule has 0 heterocycles. The Hall–Kier alpha value is -4.89. The molecule has 0 spiro atoms. The molecule has 4 aromatic carbocycles. The monoisotopic (exact) mass is 517 g/mol. The topological polar surface area (TPSA) is 94.1 Å². The molecule has 2 N–H and O–H groups in total. The average molecular weight is 518 g/mol. The lowest BCUT2D eigenvalue weighted by Crippen LogP contribution is -2.43. The van der Waals surface area contributed by atoms with Gasteiger partial charge in [-0.2, -0.15) is 5.26 Å². The van der Waals surface area contributed by atoms with Gasteiger partial charge in [-0.3, -0.25) is 10.2 Å². The number of nitrogens with two attached hydrogens (primary N) is 1. The van der Waals surface area contributed by atoms with E-state index in [4.69, 9.17) is 24.9 Å². The van der Waals surface area contributed by atoms with Crippen molar-refractivity contribution in [3.8, 4) is 17.6 Å². The second-order valence-corrected chi connectivity index (χ2v) is 9.55. The zero-order chi connectivity index (χ0) is 27.0. The molecule has 1 saturated carbocycles. The first kappa shape index (κ1) is 25.7. The fourth-order valence-corrected chi connectivity index (χ4v) is 4.32. The number of ether oxygens (including phenoxy) is 3. The van der Waals surface area contributed by atoms with Gasteiger partial charge in [-0.25, -0.2) is 0 Å². The van der Waals surface area contributed by atoms with Crippen molar-refractivity contribution < 1.29 is 24.4 Å². The molecule has 0 amide bonds. The van der Waals surface area contributed by atoms with Crippen LogP contribution in [0.4, 0.5) is 0 Å². The molecule has 0 bridgehead atoms. The molecular weight excluding hydrogens is 488 g/mol. The lowest BCUT2D eigenvalue weighted by molar-refractivity contribution is -0.146. The van der Waals surface area contributed by atoms with Crippen LogP contribution in [0, 0.1) is 17.2 Å². The number of esters is 1. The van der Waals surface area contributed by atoms with Gasteiger partial charge in [0.15, 0.2) is 6.61 Å². The third-order valence-electron chi connectivity index (χ3n) is 6.73.